The summed E-state index contributed by atoms with van der Waals surface area (Å²) in [5, 5.41) is 14.7. The Bertz CT molecular complexity index is 628. The topological polar surface area (TPSA) is 69.8 Å². The Morgan fingerprint density at radius 3 is 2.90 bits per heavy atom. The highest BCUT2D eigenvalue weighted by atomic mass is 16.1. The highest BCUT2D eigenvalue weighted by Gasteiger charge is 2.27. The van der Waals surface area contributed by atoms with Crippen LogP contribution in [-0.4, -0.2) is 35.7 Å². The number of aromatic nitrogens is 2. The zero-order chi connectivity index (χ0) is 14.7. The average molecular weight is 286 g/mol. The average Bonchev–Trinajstić information content (AvgIpc) is 2.90. The normalized spacial score (nSPS) is 17.8. The maximum atomic E-state index is 12.2. The fraction of sp³-hybridized carbons (Fsp3) is 0.500. The second-order valence-electron chi connectivity index (χ2n) is 6.23. The highest BCUT2D eigenvalue weighted by Crippen LogP contribution is 2.26. The molecule has 0 aliphatic carbocycles. The number of carbonyl (C=O) groups excluding carboxylic acids is 1. The summed E-state index contributed by atoms with van der Waals surface area (Å²) in [7, 11) is 0. The molecule has 0 spiro atoms. The Morgan fingerprint density at radius 2 is 2.10 bits per heavy atom. The third kappa shape index (κ3) is 3.24. The minimum absolute atomic E-state index is 0.0594. The van der Waals surface area contributed by atoms with Crippen molar-refractivity contribution < 1.29 is 4.79 Å². The van der Waals surface area contributed by atoms with E-state index < -0.39 is 0 Å². The molecular weight excluding hydrogens is 264 g/mol. The second kappa shape index (κ2) is 5.85. The quantitative estimate of drug-likeness (QED) is 0.800. The molecule has 3 N–H and O–H groups in total. The third-order valence-electron chi connectivity index (χ3n) is 4.40. The number of H-pyrrole nitrogens is 1. The lowest BCUT2D eigenvalue weighted by Crippen LogP contribution is -2.43. The molecule has 0 unspecified atom stereocenters. The van der Waals surface area contributed by atoms with E-state index in [1.807, 2.05) is 24.3 Å². The summed E-state index contributed by atoms with van der Waals surface area (Å²) in [5.41, 5.74) is 2.01. The number of carbonyl (C=O) groups is 1. The first-order valence-corrected chi connectivity index (χ1v) is 7.56. The van der Waals surface area contributed by atoms with Gasteiger partial charge >= 0.3 is 0 Å². The lowest BCUT2D eigenvalue weighted by molar-refractivity contribution is -0.121. The zero-order valence-electron chi connectivity index (χ0n) is 12.4. The maximum absolute atomic E-state index is 12.2. The Labute approximate surface area is 124 Å². The van der Waals surface area contributed by atoms with E-state index in [1.165, 1.54) is 0 Å². The van der Waals surface area contributed by atoms with Gasteiger partial charge in [-0.15, -0.1) is 0 Å². The maximum Gasteiger partial charge on any atom is 0.226 e. The molecule has 1 aliphatic heterocycles. The van der Waals surface area contributed by atoms with Crippen LogP contribution in [0.1, 0.15) is 25.5 Å². The van der Waals surface area contributed by atoms with Crippen molar-refractivity contribution in [2.45, 2.75) is 26.2 Å². The Morgan fingerprint density at radius 1 is 1.33 bits per heavy atom. The molecule has 2 heterocycles. The molecule has 1 aromatic carbocycles. The number of amides is 1. The summed E-state index contributed by atoms with van der Waals surface area (Å²) in [5.74, 6) is 0.0594. The Kier molecular flexibility index (Phi) is 3.92. The summed E-state index contributed by atoms with van der Waals surface area (Å²) in [6.07, 6.45) is 2.58. The molecule has 0 saturated carbocycles. The molecule has 21 heavy (non-hydrogen) atoms. The van der Waals surface area contributed by atoms with E-state index in [0.29, 0.717) is 6.42 Å². The summed E-state index contributed by atoms with van der Waals surface area (Å²) >= 11 is 0. The van der Waals surface area contributed by atoms with Gasteiger partial charge in [0.05, 0.1) is 17.6 Å². The van der Waals surface area contributed by atoms with Crippen LogP contribution in [0.15, 0.2) is 24.3 Å². The first-order valence-electron chi connectivity index (χ1n) is 7.56. The van der Waals surface area contributed by atoms with Crippen molar-refractivity contribution in [3.8, 4) is 0 Å². The Balaban J connectivity index is 1.59. The molecule has 1 fully saturated rings. The number of rotatable bonds is 4. The number of nitrogens with zero attached hydrogens (tertiary/aromatic N) is 1. The van der Waals surface area contributed by atoms with E-state index in [2.05, 4.69) is 27.8 Å². The summed E-state index contributed by atoms with van der Waals surface area (Å²) in [6, 6.07) is 7.86. The van der Waals surface area contributed by atoms with Gasteiger partial charge in [-0.25, -0.2) is 0 Å². The van der Waals surface area contributed by atoms with Crippen molar-refractivity contribution in [1.82, 2.24) is 20.8 Å². The molecule has 112 valence electrons. The lowest BCUT2D eigenvalue weighted by Gasteiger charge is -2.34. The van der Waals surface area contributed by atoms with Gasteiger partial charge in [-0.1, -0.05) is 25.1 Å². The highest BCUT2D eigenvalue weighted by molar-refractivity contribution is 5.87. The number of aromatic amines is 1. The van der Waals surface area contributed by atoms with E-state index in [1.54, 1.807) is 0 Å². The summed E-state index contributed by atoms with van der Waals surface area (Å²) in [6.45, 7) is 5.08. The molecule has 1 amide bonds. The number of fused-ring (bicyclic) bond motifs is 1. The predicted octanol–water partition coefficient (Wildman–Crippen LogP) is 1.61. The van der Waals surface area contributed by atoms with Crippen molar-refractivity contribution in [3.05, 3.63) is 30.0 Å². The van der Waals surface area contributed by atoms with Gasteiger partial charge in [-0.05, 0) is 37.4 Å². The molecule has 1 aliphatic rings. The van der Waals surface area contributed by atoms with Crippen LogP contribution >= 0.6 is 0 Å². The first-order chi connectivity index (χ1) is 10.2. The Hall–Kier alpha value is -1.88. The fourth-order valence-electron chi connectivity index (χ4n) is 2.89. The molecule has 5 nitrogen and oxygen atoms in total. The van der Waals surface area contributed by atoms with Gasteiger partial charge < -0.3 is 10.6 Å². The van der Waals surface area contributed by atoms with Gasteiger partial charge in [0.15, 0.2) is 0 Å². The summed E-state index contributed by atoms with van der Waals surface area (Å²) < 4.78 is 0. The van der Waals surface area contributed by atoms with Crippen molar-refractivity contribution in [2.75, 3.05) is 19.6 Å². The molecule has 0 bridgehead atoms. The second-order valence-corrected chi connectivity index (χ2v) is 6.23. The molecular formula is C16H22N4O. The van der Waals surface area contributed by atoms with Gasteiger partial charge in [-0.2, -0.15) is 5.10 Å². The number of para-hydroxylation sites is 1. The van der Waals surface area contributed by atoms with Crippen molar-refractivity contribution in [2.24, 2.45) is 5.41 Å². The van der Waals surface area contributed by atoms with E-state index in [4.69, 9.17) is 0 Å². The van der Waals surface area contributed by atoms with Crippen LogP contribution in [0.2, 0.25) is 0 Å². The smallest absolute Gasteiger partial charge is 0.226 e. The number of hydrogen-bond donors (Lipinski definition) is 3. The third-order valence-corrected chi connectivity index (χ3v) is 4.40. The minimum Gasteiger partial charge on any atom is -0.355 e. The first kappa shape index (κ1) is 14.1. The lowest BCUT2D eigenvalue weighted by atomic mass is 9.81. The molecule has 5 heteroatoms. The van der Waals surface area contributed by atoms with E-state index in [-0.39, 0.29) is 11.3 Å². The number of hydrogen-bond acceptors (Lipinski definition) is 3. The molecule has 3 rings (SSSR count). The van der Waals surface area contributed by atoms with Crippen LogP contribution in [0.25, 0.3) is 10.9 Å². The molecule has 1 aromatic heterocycles. The van der Waals surface area contributed by atoms with Crippen LogP contribution in [-0.2, 0) is 11.2 Å². The van der Waals surface area contributed by atoms with Crippen LogP contribution < -0.4 is 10.6 Å². The monoisotopic (exact) mass is 286 g/mol. The fourth-order valence-corrected chi connectivity index (χ4v) is 2.89. The van der Waals surface area contributed by atoms with Gasteiger partial charge in [0.25, 0.3) is 0 Å². The number of piperidine rings is 1. The predicted molar refractivity (Wildman–Crippen MR) is 83.0 cm³/mol. The van der Waals surface area contributed by atoms with E-state index in [0.717, 1.165) is 49.1 Å². The van der Waals surface area contributed by atoms with Crippen molar-refractivity contribution >= 4 is 16.8 Å². The van der Waals surface area contributed by atoms with Crippen molar-refractivity contribution in [1.29, 1.82) is 0 Å². The number of benzene rings is 1. The minimum atomic E-state index is 0.0594. The van der Waals surface area contributed by atoms with Crippen LogP contribution in [0.5, 0.6) is 0 Å². The van der Waals surface area contributed by atoms with Gasteiger partial charge in [0, 0.05) is 11.9 Å². The zero-order valence-corrected chi connectivity index (χ0v) is 12.4. The molecule has 2 aromatic rings. The van der Waals surface area contributed by atoms with Crippen LogP contribution in [0.3, 0.4) is 0 Å². The van der Waals surface area contributed by atoms with Crippen molar-refractivity contribution in [3.63, 3.8) is 0 Å². The van der Waals surface area contributed by atoms with Gasteiger partial charge in [-0.3, -0.25) is 9.89 Å². The SMILES string of the molecule is CC1(CNC(=O)Cc2[nH]nc3ccccc23)CCNCC1. The largest absolute Gasteiger partial charge is 0.355 e. The molecule has 0 atom stereocenters. The number of nitrogens with one attached hydrogen (secondary N) is 3. The van der Waals surface area contributed by atoms with E-state index in [9.17, 15) is 4.79 Å². The van der Waals surface area contributed by atoms with E-state index >= 15 is 0 Å². The summed E-state index contributed by atoms with van der Waals surface area (Å²) in [4.78, 5) is 12.2. The van der Waals surface area contributed by atoms with Gasteiger partial charge in [0.1, 0.15) is 0 Å². The van der Waals surface area contributed by atoms with Crippen LogP contribution in [0.4, 0.5) is 0 Å². The molecule has 0 radical (unpaired) electrons. The molecule has 1 saturated heterocycles. The standard InChI is InChI=1S/C16H22N4O/c1-16(6-8-17-9-7-16)11-18-15(21)10-14-12-4-2-3-5-13(12)19-20-14/h2-5,17H,6-11H2,1H3,(H,18,21)(H,19,20). The van der Waals surface area contributed by atoms with Gasteiger partial charge in [0.2, 0.25) is 5.91 Å². The van der Waals surface area contributed by atoms with Crippen LogP contribution in [0, 0.1) is 5.41 Å².